The normalized spacial score (nSPS) is 14.5. The minimum Gasteiger partial charge on any atom is -0.340 e. The van der Waals surface area contributed by atoms with Crippen molar-refractivity contribution in [1.82, 2.24) is 9.88 Å². The SMILES string of the molecule is C=CC1=C(/C=C(\C)Cl)CCN1C(=O)c1cccnc1Nc1ccccc1. The summed E-state index contributed by atoms with van der Waals surface area (Å²) < 4.78 is 0. The Kier molecular flexibility index (Phi) is 5.54. The highest BCUT2D eigenvalue weighted by Crippen LogP contribution is 2.29. The third kappa shape index (κ3) is 3.86. The number of anilines is 2. The van der Waals surface area contributed by atoms with Crippen molar-refractivity contribution in [2.75, 3.05) is 11.9 Å². The van der Waals surface area contributed by atoms with Gasteiger partial charge in [0.2, 0.25) is 0 Å². The zero-order valence-corrected chi connectivity index (χ0v) is 15.3. The third-order valence-corrected chi connectivity index (χ3v) is 4.22. The molecule has 26 heavy (non-hydrogen) atoms. The van der Waals surface area contributed by atoms with Gasteiger partial charge in [-0.1, -0.05) is 36.4 Å². The van der Waals surface area contributed by atoms with Crippen molar-refractivity contribution in [3.63, 3.8) is 0 Å². The number of para-hydroxylation sites is 1. The molecule has 0 spiro atoms. The van der Waals surface area contributed by atoms with E-state index in [1.807, 2.05) is 43.3 Å². The molecule has 0 saturated heterocycles. The molecule has 0 fully saturated rings. The van der Waals surface area contributed by atoms with Gasteiger partial charge >= 0.3 is 0 Å². The van der Waals surface area contributed by atoms with Crippen molar-refractivity contribution in [2.24, 2.45) is 0 Å². The molecule has 0 saturated carbocycles. The molecular formula is C21H20ClN3O. The van der Waals surface area contributed by atoms with Crippen LogP contribution in [0.1, 0.15) is 23.7 Å². The quantitative estimate of drug-likeness (QED) is 0.786. The van der Waals surface area contributed by atoms with Crippen molar-refractivity contribution in [3.8, 4) is 0 Å². The number of pyridine rings is 1. The molecule has 1 aromatic carbocycles. The van der Waals surface area contributed by atoms with E-state index in [1.165, 1.54) is 0 Å². The monoisotopic (exact) mass is 365 g/mol. The van der Waals surface area contributed by atoms with Gasteiger partial charge in [0.05, 0.1) is 5.56 Å². The molecule has 1 aliphatic rings. The number of amides is 1. The largest absolute Gasteiger partial charge is 0.340 e. The number of rotatable bonds is 5. The Balaban J connectivity index is 1.93. The van der Waals surface area contributed by atoms with Gasteiger partial charge in [0.15, 0.2) is 0 Å². The predicted molar refractivity (Wildman–Crippen MR) is 106 cm³/mol. The Morgan fingerprint density at radius 3 is 2.73 bits per heavy atom. The predicted octanol–water partition coefficient (Wildman–Crippen LogP) is 5.25. The van der Waals surface area contributed by atoms with E-state index in [0.717, 1.165) is 23.4 Å². The molecule has 0 atom stereocenters. The van der Waals surface area contributed by atoms with E-state index in [-0.39, 0.29) is 5.91 Å². The smallest absolute Gasteiger partial charge is 0.262 e. The molecule has 5 heteroatoms. The molecule has 0 radical (unpaired) electrons. The lowest BCUT2D eigenvalue weighted by Gasteiger charge is -2.20. The standard InChI is InChI=1S/C21H20ClN3O/c1-3-19-16(14-15(2)22)11-13-25(19)21(26)18-10-7-12-23-20(18)24-17-8-5-4-6-9-17/h3-10,12,14H,1,11,13H2,2H3,(H,23,24)/b15-14+. The number of aromatic nitrogens is 1. The summed E-state index contributed by atoms with van der Waals surface area (Å²) in [5.74, 6) is 0.423. The van der Waals surface area contributed by atoms with E-state index in [1.54, 1.807) is 29.3 Å². The van der Waals surface area contributed by atoms with Crippen molar-refractivity contribution < 1.29 is 4.79 Å². The molecule has 1 amide bonds. The number of hydrogen-bond donors (Lipinski definition) is 1. The van der Waals surface area contributed by atoms with Gasteiger partial charge in [-0.25, -0.2) is 4.98 Å². The van der Waals surface area contributed by atoms with Gasteiger partial charge < -0.3 is 10.2 Å². The van der Waals surface area contributed by atoms with Crippen molar-refractivity contribution in [1.29, 1.82) is 0 Å². The van der Waals surface area contributed by atoms with Crippen LogP contribution in [0.15, 0.2) is 83.7 Å². The van der Waals surface area contributed by atoms with E-state index in [2.05, 4.69) is 16.9 Å². The van der Waals surface area contributed by atoms with E-state index in [4.69, 9.17) is 11.6 Å². The van der Waals surface area contributed by atoms with Crippen molar-refractivity contribution >= 4 is 29.0 Å². The first-order chi connectivity index (χ1) is 12.6. The Morgan fingerprint density at radius 1 is 1.27 bits per heavy atom. The Hall–Kier alpha value is -2.85. The zero-order valence-electron chi connectivity index (χ0n) is 14.6. The summed E-state index contributed by atoms with van der Waals surface area (Å²) in [5.41, 5.74) is 3.21. The Labute approximate surface area is 158 Å². The first-order valence-electron chi connectivity index (χ1n) is 8.38. The van der Waals surface area contributed by atoms with Gasteiger partial charge in [-0.3, -0.25) is 4.79 Å². The number of hydrogen-bond acceptors (Lipinski definition) is 3. The molecule has 1 aliphatic heterocycles. The average molecular weight is 366 g/mol. The first kappa shape index (κ1) is 18.0. The lowest BCUT2D eigenvalue weighted by atomic mass is 10.1. The van der Waals surface area contributed by atoms with Crippen LogP contribution in [0, 0.1) is 0 Å². The minimum atomic E-state index is -0.109. The van der Waals surface area contributed by atoms with Gasteiger partial charge in [0.25, 0.3) is 5.91 Å². The van der Waals surface area contributed by atoms with Gasteiger partial charge in [-0.15, -0.1) is 0 Å². The van der Waals surface area contributed by atoms with Crippen molar-refractivity contribution in [3.05, 3.63) is 89.3 Å². The van der Waals surface area contributed by atoms with Crippen LogP contribution < -0.4 is 5.32 Å². The van der Waals surface area contributed by atoms with Crippen LogP contribution in [0.25, 0.3) is 0 Å². The second-order valence-corrected chi connectivity index (χ2v) is 6.54. The Morgan fingerprint density at radius 2 is 2.04 bits per heavy atom. The van der Waals surface area contributed by atoms with Crippen molar-refractivity contribution in [2.45, 2.75) is 13.3 Å². The molecule has 3 rings (SSSR count). The number of carbonyl (C=O) groups excluding carboxylic acids is 1. The average Bonchev–Trinajstić information content (AvgIpc) is 3.04. The maximum Gasteiger partial charge on any atom is 0.262 e. The highest BCUT2D eigenvalue weighted by Gasteiger charge is 2.27. The molecule has 0 aliphatic carbocycles. The fourth-order valence-corrected chi connectivity index (χ4v) is 3.11. The molecule has 0 bridgehead atoms. The lowest BCUT2D eigenvalue weighted by molar-refractivity contribution is 0.0824. The van der Waals surface area contributed by atoms with Gasteiger partial charge in [-0.05, 0) is 55.3 Å². The molecule has 4 nitrogen and oxygen atoms in total. The summed E-state index contributed by atoms with van der Waals surface area (Å²) >= 11 is 6.01. The summed E-state index contributed by atoms with van der Waals surface area (Å²) in [5, 5.41) is 3.90. The summed E-state index contributed by atoms with van der Waals surface area (Å²) in [4.78, 5) is 19.2. The number of benzene rings is 1. The van der Waals surface area contributed by atoms with Crippen LogP contribution in [0.2, 0.25) is 0 Å². The molecular weight excluding hydrogens is 346 g/mol. The maximum atomic E-state index is 13.2. The second kappa shape index (κ2) is 8.02. The molecule has 132 valence electrons. The number of nitrogens with one attached hydrogen (secondary N) is 1. The fourth-order valence-electron chi connectivity index (χ4n) is 2.97. The van der Waals surface area contributed by atoms with Gasteiger partial charge in [-0.2, -0.15) is 0 Å². The fraction of sp³-hybridized carbons (Fsp3) is 0.143. The third-order valence-electron chi connectivity index (χ3n) is 4.11. The van der Waals surface area contributed by atoms with Crippen LogP contribution in [0.5, 0.6) is 0 Å². The van der Waals surface area contributed by atoms with E-state index >= 15 is 0 Å². The Bertz CT molecular complexity index is 883. The number of nitrogens with zero attached hydrogens (tertiary/aromatic N) is 2. The zero-order chi connectivity index (χ0) is 18.5. The highest BCUT2D eigenvalue weighted by molar-refractivity contribution is 6.29. The van der Waals surface area contributed by atoms with Crippen LogP contribution in [-0.4, -0.2) is 22.3 Å². The molecule has 2 aromatic rings. The topological polar surface area (TPSA) is 45.2 Å². The van der Waals surface area contributed by atoms with E-state index < -0.39 is 0 Å². The first-order valence-corrected chi connectivity index (χ1v) is 8.76. The lowest BCUT2D eigenvalue weighted by Crippen LogP contribution is -2.28. The van der Waals surface area contributed by atoms with Crippen LogP contribution in [-0.2, 0) is 0 Å². The number of allylic oxidation sites excluding steroid dienone is 3. The molecule has 1 N–H and O–H groups in total. The molecule has 1 aromatic heterocycles. The summed E-state index contributed by atoms with van der Waals surface area (Å²) in [6, 6.07) is 13.2. The minimum absolute atomic E-state index is 0.109. The van der Waals surface area contributed by atoms with E-state index in [0.29, 0.717) is 23.0 Å². The molecule has 0 unspecified atom stereocenters. The van der Waals surface area contributed by atoms with E-state index in [9.17, 15) is 4.79 Å². The van der Waals surface area contributed by atoms with Crippen LogP contribution in [0.3, 0.4) is 0 Å². The maximum absolute atomic E-state index is 13.2. The number of halogens is 1. The second-order valence-electron chi connectivity index (χ2n) is 5.94. The van der Waals surface area contributed by atoms with Gasteiger partial charge in [0, 0.05) is 29.2 Å². The molecule has 2 heterocycles. The van der Waals surface area contributed by atoms with Crippen LogP contribution in [0.4, 0.5) is 11.5 Å². The van der Waals surface area contributed by atoms with Crippen LogP contribution >= 0.6 is 11.6 Å². The van der Waals surface area contributed by atoms with Gasteiger partial charge in [0.1, 0.15) is 5.82 Å². The summed E-state index contributed by atoms with van der Waals surface area (Å²) in [6.45, 7) is 6.28. The number of carbonyl (C=O) groups is 1. The summed E-state index contributed by atoms with van der Waals surface area (Å²) in [6.07, 6.45) is 6.01. The summed E-state index contributed by atoms with van der Waals surface area (Å²) in [7, 11) is 0. The highest BCUT2D eigenvalue weighted by atomic mass is 35.5.